The number of hydrogen-bond donors (Lipinski definition) is 2. The Balaban J connectivity index is 1.55. The van der Waals surface area contributed by atoms with Gasteiger partial charge < -0.3 is 15.0 Å². The molecule has 2 heterocycles. The van der Waals surface area contributed by atoms with Gasteiger partial charge in [0.2, 0.25) is 0 Å². The standard InChI is InChI=1S/C18H28N6O4P/c1-10(2)28-18(25)12(4)23-29(26)27-7-13-5-6-14(11(13)3)24-9-22-15-16(19)20-8-21-17(15)24/h8-14H,5-7H2,1-4H3,(H,23,26)(H2,19,20,21)/q+1/t11?,12-,13-,14-/m0/s1. The summed E-state index contributed by atoms with van der Waals surface area (Å²) >= 11 is 0. The molecule has 2 aromatic rings. The minimum atomic E-state index is -2.16. The molecule has 3 N–H and O–H groups in total. The molecular weight excluding hydrogens is 395 g/mol. The summed E-state index contributed by atoms with van der Waals surface area (Å²) in [7, 11) is -2.16. The van der Waals surface area contributed by atoms with E-state index in [2.05, 4.69) is 27.0 Å². The number of aromatic nitrogens is 4. The second kappa shape index (κ2) is 9.11. The highest BCUT2D eigenvalue weighted by Crippen LogP contribution is 2.42. The molecule has 158 valence electrons. The van der Waals surface area contributed by atoms with Gasteiger partial charge in [0, 0.05) is 6.04 Å². The van der Waals surface area contributed by atoms with Crippen LogP contribution in [-0.4, -0.2) is 44.2 Å². The monoisotopic (exact) mass is 423 g/mol. The van der Waals surface area contributed by atoms with Crippen molar-refractivity contribution in [2.24, 2.45) is 11.8 Å². The van der Waals surface area contributed by atoms with Gasteiger partial charge in [-0.05, 0) is 50.0 Å². The first-order chi connectivity index (χ1) is 13.8. The lowest BCUT2D eigenvalue weighted by atomic mass is 9.96. The Morgan fingerprint density at radius 1 is 1.34 bits per heavy atom. The van der Waals surface area contributed by atoms with Gasteiger partial charge in [0.25, 0.3) is 0 Å². The second-order valence-corrected chi connectivity index (χ2v) is 8.77. The molecule has 1 aliphatic carbocycles. The number of nitrogens with zero attached hydrogens (tertiary/aromatic N) is 4. The van der Waals surface area contributed by atoms with E-state index in [-0.39, 0.29) is 24.0 Å². The van der Waals surface area contributed by atoms with E-state index in [1.807, 2.05) is 4.57 Å². The Bertz CT molecular complexity index is 888. The predicted molar refractivity (Wildman–Crippen MR) is 108 cm³/mol. The van der Waals surface area contributed by atoms with Gasteiger partial charge in [0.05, 0.1) is 12.4 Å². The predicted octanol–water partition coefficient (Wildman–Crippen LogP) is 2.60. The number of rotatable bonds is 8. The van der Waals surface area contributed by atoms with Crippen molar-refractivity contribution in [3.63, 3.8) is 0 Å². The molecule has 2 unspecified atom stereocenters. The summed E-state index contributed by atoms with van der Waals surface area (Å²) in [5.74, 6) is 0.424. The lowest BCUT2D eigenvalue weighted by Crippen LogP contribution is -2.33. The van der Waals surface area contributed by atoms with Crippen molar-refractivity contribution in [1.29, 1.82) is 0 Å². The molecule has 10 nitrogen and oxygen atoms in total. The fourth-order valence-electron chi connectivity index (χ4n) is 3.71. The van der Waals surface area contributed by atoms with Crippen molar-refractivity contribution in [2.75, 3.05) is 12.3 Å². The third-order valence-corrected chi connectivity index (χ3v) is 6.32. The van der Waals surface area contributed by atoms with E-state index in [1.165, 1.54) is 6.33 Å². The van der Waals surface area contributed by atoms with Gasteiger partial charge in [-0.3, -0.25) is 4.79 Å². The number of ether oxygens (including phenoxy) is 1. The van der Waals surface area contributed by atoms with Crippen molar-refractivity contribution >= 4 is 31.1 Å². The highest BCUT2D eigenvalue weighted by molar-refractivity contribution is 7.36. The van der Waals surface area contributed by atoms with Crippen LogP contribution in [-0.2, 0) is 18.6 Å². The van der Waals surface area contributed by atoms with E-state index in [1.54, 1.807) is 27.1 Å². The van der Waals surface area contributed by atoms with Gasteiger partial charge in [-0.2, -0.15) is 0 Å². The molecule has 29 heavy (non-hydrogen) atoms. The number of imidazole rings is 1. The van der Waals surface area contributed by atoms with Crippen LogP contribution < -0.4 is 10.8 Å². The van der Waals surface area contributed by atoms with Crippen LogP contribution in [0.1, 0.15) is 46.6 Å². The highest BCUT2D eigenvalue weighted by Gasteiger charge is 2.37. The Morgan fingerprint density at radius 2 is 2.10 bits per heavy atom. The van der Waals surface area contributed by atoms with E-state index in [0.29, 0.717) is 17.9 Å². The molecule has 0 radical (unpaired) electrons. The lowest BCUT2D eigenvalue weighted by molar-refractivity contribution is -0.149. The average molecular weight is 423 g/mol. The van der Waals surface area contributed by atoms with Gasteiger partial charge in [0.1, 0.15) is 24.5 Å². The van der Waals surface area contributed by atoms with Crippen LogP contribution in [0.15, 0.2) is 12.7 Å². The maximum Gasteiger partial charge on any atom is 0.613 e. The smallest absolute Gasteiger partial charge is 0.462 e. The Kier molecular flexibility index (Phi) is 6.77. The molecule has 0 aromatic carbocycles. The zero-order chi connectivity index (χ0) is 21.1. The van der Waals surface area contributed by atoms with E-state index in [0.717, 1.165) is 18.5 Å². The van der Waals surface area contributed by atoms with Crippen LogP contribution in [0.3, 0.4) is 0 Å². The molecule has 2 aromatic heterocycles. The molecule has 0 spiro atoms. The molecular formula is C18H28N6O4P+. The topological polar surface area (TPSA) is 134 Å². The summed E-state index contributed by atoms with van der Waals surface area (Å²) < 4.78 is 24.8. The molecule has 0 amide bonds. The van der Waals surface area contributed by atoms with Gasteiger partial charge in [-0.25, -0.2) is 15.0 Å². The largest absolute Gasteiger partial charge is 0.613 e. The number of carbonyl (C=O) groups excluding carboxylic acids is 1. The first-order valence-electron chi connectivity index (χ1n) is 9.77. The van der Waals surface area contributed by atoms with Gasteiger partial charge in [0.15, 0.2) is 11.5 Å². The van der Waals surface area contributed by atoms with Crippen molar-refractivity contribution in [1.82, 2.24) is 24.6 Å². The number of nitrogen functional groups attached to an aromatic ring is 1. The third-order valence-electron chi connectivity index (χ3n) is 5.34. The van der Waals surface area contributed by atoms with E-state index >= 15 is 0 Å². The quantitative estimate of drug-likeness (QED) is 0.485. The van der Waals surface area contributed by atoms with E-state index in [9.17, 15) is 9.36 Å². The summed E-state index contributed by atoms with van der Waals surface area (Å²) in [4.78, 5) is 24.5. The fraction of sp³-hybridized carbons (Fsp3) is 0.667. The van der Waals surface area contributed by atoms with Crippen molar-refractivity contribution in [2.45, 2.75) is 58.7 Å². The number of carbonyl (C=O) groups is 1. The summed E-state index contributed by atoms with van der Waals surface area (Å²) in [5.41, 5.74) is 7.21. The third kappa shape index (κ3) is 4.88. The van der Waals surface area contributed by atoms with Gasteiger partial charge in [-0.1, -0.05) is 12.0 Å². The minimum absolute atomic E-state index is 0.202. The second-order valence-electron chi connectivity index (χ2n) is 7.74. The maximum absolute atomic E-state index is 12.2. The van der Waals surface area contributed by atoms with E-state index in [4.69, 9.17) is 15.0 Å². The normalized spacial score (nSPS) is 23.5. The summed E-state index contributed by atoms with van der Waals surface area (Å²) in [5, 5.41) is 2.66. The van der Waals surface area contributed by atoms with Crippen LogP contribution in [0.2, 0.25) is 0 Å². The minimum Gasteiger partial charge on any atom is -0.462 e. The number of fused-ring (bicyclic) bond motifs is 1. The summed E-state index contributed by atoms with van der Waals surface area (Å²) in [6.45, 7) is 7.62. The lowest BCUT2D eigenvalue weighted by Gasteiger charge is -2.20. The van der Waals surface area contributed by atoms with Gasteiger partial charge >= 0.3 is 14.1 Å². The number of nitrogens with two attached hydrogens (primary N) is 1. The molecule has 3 rings (SSSR count). The van der Waals surface area contributed by atoms with Crippen molar-refractivity contribution in [3.8, 4) is 0 Å². The van der Waals surface area contributed by atoms with Crippen LogP contribution >= 0.6 is 8.18 Å². The molecule has 0 aliphatic heterocycles. The number of anilines is 1. The molecule has 0 saturated heterocycles. The fourth-order valence-corrected chi connectivity index (χ4v) is 4.53. The molecule has 1 aliphatic rings. The summed E-state index contributed by atoms with van der Waals surface area (Å²) in [6, 6.07) is -0.495. The van der Waals surface area contributed by atoms with Crippen LogP contribution in [0.25, 0.3) is 11.2 Å². The Morgan fingerprint density at radius 3 is 2.83 bits per heavy atom. The number of esters is 1. The average Bonchev–Trinajstić information content (AvgIpc) is 3.23. The highest BCUT2D eigenvalue weighted by atomic mass is 31.1. The molecule has 0 bridgehead atoms. The first kappa shape index (κ1) is 21.5. The van der Waals surface area contributed by atoms with Crippen molar-refractivity contribution < 1.29 is 18.6 Å². The Labute approximate surface area is 170 Å². The first-order valence-corrected chi connectivity index (χ1v) is 11.0. The Hall–Kier alpha value is -2.16. The SMILES string of the molecule is CC(C)OC(=O)[C@H](C)N[P+](=O)OC[C@@H]1CC[C@H](n2cnc3c(N)ncnc32)C1C. The van der Waals surface area contributed by atoms with Gasteiger partial charge in [-0.15, -0.1) is 4.52 Å². The van der Waals surface area contributed by atoms with Crippen LogP contribution in [0.4, 0.5) is 5.82 Å². The molecule has 5 atom stereocenters. The molecule has 11 heteroatoms. The number of hydrogen-bond acceptors (Lipinski definition) is 8. The van der Waals surface area contributed by atoms with Crippen LogP contribution in [0.5, 0.6) is 0 Å². The van der Waals surface area contributed by atoms with Crippen LogP contribution in [0, 0.1) is 11.8 Å². The molecule has 1 saturated carbocycles. The zero-order valence-corrected chi connectivity index (χ0v) is 18.0. The molecule has 1 fully saturated rings. The van der Waals surface area contributed by atoms with E-state index < -0.39 is 20.2 Å². The zero-order valence-electron chi connectivity index (χ0n) is 17.1. The van der Waals surface area contributed by atoms with Crippen molar-refractivity contribution in [3.05, 3.63) is 12.7 Å². The maximum atomic E-state index is 12.2. The summed E-state index contributed by atoms with van der Waals surface area (Å²) in [6.07, 6.45) is 4.84. The number of nitrogens with one attached hydrogen (secondary N) is 1.